The maximum Gasteiger partial charge on any atom is 0.215 e. The summed E-state index contributed by atoms with van der Waals surface area (Å²) in [7, 11) is -3.62. The normalized spacial score (nSPS) is 17.8. The molecular weight excluding hydrogens is 338 g/mol. The van der Waals surface area contributed by atoms with E-state index >= 15 is 0 Å². The standard InChI is InChI=1S/C16H18ClNO4S/c17-14-5-2-1-4-12(14)10-23(20,21)18-11-16(19,13-7-8-13)15-6-3-9-22-15/h1-6,9,13,18-19H,7-8,10-11H2. The van der Waals surface area contributed by atoms with Crippen LogP contribution in [0.4, 0.5) is 0 Å². The van der Waals surface area contributed by atoms with Gasteiger partial charge in [0.05, 0.1) is 12.0 Å². The Bertz CT molecular complexity index is 771. The molecule has 2 aromatic rings. The van der Waals surface area contributed by atoms with Gasteiger partial charge in [-0.15, -0.1) is 0 Å². The van der Waals surface area contributed by atoms with Gasteiger partial charge in [-0.05, 0) is 42.5 Å². The van der Waals surface area contributed by atoms with Crippen LogP contribution in [0.3, 0.4) is 0 Å². The summed E-state index contributed by atoms with van der Waals surface area (Å²) in [4.78, 5) is 0. The Labute approximate surface area is 140 Å². The number of hydrogen-bond acceptors (Lipinski definition) is 4. The van der Waals surface area contributed by atoms with Crippen LogP contribution in [0.5, 0.6) is 0 Å². The highest BCUT2D eigenvalue weighted by Crippen LogP contribution is 2.45. The lowest BCUT2D eigenvalue weighted by molar-refractivity contribution is -0.00225. The van der Waals surface area contributed by atoms with E-state index in [4.69, 9.17) is 16.0 Å². The van der Waals surface area contributed by atoms with Gasteiger partial charge in [0, 0.05) is 11.6 Å². The van der Waals surface area contributed by atoms with E-state index in [0.29, 0.717) is 16.3 Å². The Kier molecular flexibility index (Phi) is 4.51. The van der Waals surface area contributed by atoms with Crippen LogP contribution in [0.25, 0.3) is 0 Å². The highest BCUT2D eigenvalue weighted by atomic mass is 35.5. The van der Waals surface area contributed by atoms with Crippen molar-refractivity contribution in [2.75, 3.05) is 6.54 Å². The fraction of sp³-hybridized carbons (Fsp3) is 0.375. The van der Waals surface area contributed by atoms with Crippen molar-refractivity contribution in [1.29, 1.82) is 0 Å². The van der Waals surface area contributed by atoms with Crippen molar-refractivity contribution in [1.82, 2.24) is 4.72 Å². The van der Waals surface area contributed by atoms with Crippen LogP contribution in [0, 0.1) is 5.92 Å². The molecule has 0 saturated heterocycles. The molecule has 0 bridgehead atoms. The number of rotatable bonds is 7. The summed E-state index contributed by atoms with van der Waals surface area (Å²) in [6.07, 6.45) is 3.17. The number of nitrogens with one attached hydrogen (secondary N) is 1. The van der Waals surface area contributed by atoms with E-state index in [1.807, 2.05) is 0 Å². The van der Waals surface area contributed by atoms with Gasteiger partial charge in [0.1, 0.15) is 11.4 Å². The molecule has 3 rings (SSSR count). The molecule has 7 heteroatoms. The smallest absolute Gasteiger partial charge is 0.215 e. The van der Waals surface area contributed by atoms with E-state index in [1.165, 1.54) is 6.26 Å². The molecule has 124 valence electrons. The summed E-state index contributed by atoms with van der Waals surface area (Å²) in [6, 6.07) is 10.1. The molecule has 2 N–H and O–H groups in total. The SMILES string of the molecule is O=S(=O)(Cc1ccccc1Cl)NCC(O)(c1ccco1)C1CC1. The molecule has 0 amide bonds. The van der Waals surface area contributed by atoms with E-state index < -0.39 is 15.6 Å². The van der Waals surface area contributed by atoms with Crippen LogP contribution in [0.1, 0.15) is 24.2 Å². The van der Waals surface area contributed by atoms with E-state index in [9.17, 15) is 13.5 Å². The van der Waals surface area contributed by atoms with Crippen LogP contribution in [-0.2, 0) is 21.4 Å². The maximum absolute atomic E-state index is 12.3. The van der Waals surface area contributed by atoms with Crippen molar-refractivity contribution >= 4 is 21.6 Å². The molecule has 1 aliphatic carbocycles. The van der Waals surface area contributed by atoms with Gasteiger partial charge in [0.2, 0.25) is 10.0 Å². The molecule has 0 spiro atoms. The fourth-order valence-electron chi connectivity index (χ4n) is 2.61. The zero-order valence-corrected chi connectivity index (χ0v) is 14.0. The van der Waals surface area contributed by atoms with Crippen molar-refractivity contribution in [2.45, 2.75) is 24.2 Å². The minimum absolute atomic E-state index is 0.0108. The Balaban J connectivity index is 1.72. The summed E-state index contributed by atoms with van der Waals surface area (Å²) in [5, 5.41) is 11.3. The first-order valence-electron chi connectivity index (χ1n) is 7.38. The Hall–Kier alpha value is -1.34. The summed E-state index contributed by atoms with van der Waals surface area (Å²) >= 11 is 6.01. The molecule has 1 saturated carbocycles. The summed E-state index contributed by atoms with van der Waals surface area (Å²) in [5.74, 6) is 0.170. The average molecular weight is 356 g/mol. The second-order valence-corrected chi connectivity index (χ2v) is 8.06. The second-order valence-electron chi connectivity index (χ2n) is 5.85. The van der Waals surface area contributed by atoms with E-state index in [2.05, 4.69) is 4.72 Å². The first kappa shape index (κ1) is 16.5. The molecule has 1 fully saturated rings. The van der Waals surface area contributed by atoms with Crippen molar-refractivity contribution in [3.8, 4) is 0 Å². The number of halogens is 1. The number of aliphatic hydroxyl groups is 1. The molecule has 5 nitrogen and oxygen atoms in total. The third kappa shape index (κ3) is 3.77. The highest BCUT2D eigenvalue weighted by Gasteiger charge is 2.47. The minimum atomic E-state index is -3.62. The van der Waals surface area contributed by atoms with Gasteiger partial charge in [-0.25, -0.2) is 13.1 Å². The van der Waals surface area contributed by atoms with Crippen LogP contribution in [0.15, 0.2) is 47.1 Å². The monoisotopic (exact) mass is 355 g/mol. The first-order valence-corrected chi connectivity index (χ1v) is 9.41. The number of hydrogen-bond donors (Lipinski definition) is 2. The lowest BCUT2D eigenvalue weighted by atomic mass is 9.95. The summed E-state index contributed by atoms with van der Waals surface area (Å²) in [5.41, 5.74) is -0.786. The molecule has 23 heavy (non-hydrogen) atoms. The molecule has 0 aliphatic heterocycles. The maximum atomic E-state index is 12.3. The van der Waals surface area contributed by atoms with Crippen LogP contribution in [0.2, 0.25) is 5.02 Å². The van der Waals surface area contributed by atoms with Gasteiger partial charge in [-0.2, -0.15) is 0 Å². The first-order chi connectivity index (χ1) is 10.9. The predicted octanol–water partition coefficient (Wildman–Crippen LogP) is 2.65. The van der Waals surface area contributed by atoms with Gasteiger partial charge in [0.15, 0.2) is 0 Å². The van der Waals surface area contributed by atoms with Crippen LogP contribution in [-0.4, -0.2) is 20.1 Å². The lowest BCUT2D eigenvalue weighted by Gasteiger charge is -2.26. The van der Waals surface area contributed by atoms with E-state index in [0.717, 1.165) is 12.8 Å². The molecule has 0 radical (unpaired) electrons. The average Bonchev–Trinajstić information content (AvgIpc) is 3.22. The Morgan fingerprint density at radius 1 is 1.26 bits per heavy atom. The number of furan rings is 1. The van der Waals surface area contributed by atoms with E-state index in [1.54, 1.807) is 36.4 Å². The van der Waals surface area contributed by atoms with Gasteiger partial charge >= 0.3 is 0 Å². The second kappa shape index (κ2) is 6.28. The van der Waals surface area contributed by atoms with Crippen molar-refractivity contribution < 1.29 is 17.9 Å². The van der Waals surface area contributed by atoms with Gasteiger partial charge < -0.3 is 9.52 Å². The predicted molar refractivity (Wildman–Crippen MR) is 87.4 cm³/mol. The van der Waals surface area contributed by atoms with Crippen molar-refractivity contribution in [3.05, 3.63) is 59.0 Å². The quantitative estimate of drug-likeness (QED) is 0.800. The van der Waals surface area contributed by atoms with Crippen molar-refractivity contribution in [3.63, 3.8) is 0 Å². The number of benzene rings is 1. The molecule has 1 aromatic carbocycles. The van der Waals surface area contributed by atoms with Crippen molar-refractivity contribution in [2.24, 2.45) is 5.92 Å². The third-order valence-electron chi connectivity index (χ3n) is 4.07. The fourth-order valence-corrected chi connectivity index (χ4v) is 4.09. The van der Waals surface area contributed by atoms with Gasteiger partial charge in [0.25, 0.3) is 0 Å². The molecular formula is C16H18ClNO4S. The minimum Gasteiger partial charge on any atom is -0.466 e. The Morgan fingerprint density at radius 3 is 2.61 bits per heavy atom. The topological polar surface area (TPSA) is 79.5 Å². The molecule has 1 aliphatic rings. The van der Waals surface area contributed by atoms with Crippen LogP contribution < -0.4 is 4.72 Å². The van der Waals surface area contributed by atoms with Gasteiger partial charge in [-0.3, -0.25) is 0 Å². The molecule has 1 aromatic heterocycles. The van der Waals surface area contributed by atoms with E-state index in [-0.39, 0.29) is 18.2 Å². The van der Waals surface area contributed by atoms with Gasteiger partial charge in [-0.1, -0.05) is 29.8 Å². The molecule has 1 unspecified atom stereocenters. The number of sulfonamides is 1. The highest BCUT2D eigenvalue weighted by molar-refractivity contribution is 7.88. The largest absolute Gasteiger partial charge is 0.466 e. The lowest BCUT2D eigenvalue weighted by Crippen LogP contribution is -2.42. The molecule has 1 heterocycles. The summed E-state index contributed by atoms with van der Waals surface area (Å²) < 4.78 is 32.4. The molecule has 1 atom stereocenters. The zero-order chi connectivity index (χ0) is 16.5. The Morgan fingerprint density at radius 2 is 2.00 bits per heavy atom. The van der Waals surface area contributed by atoms with Crippen LogP contribution >= 0.6 is 11.6 Å². The zero-order valence-electron chi connectivity index (χ0n) is 12.4. The third-order valence-corrected chi connectivity index (χ3v) is 5.71. The summed E-state index contributed by atoms with van der Waals surface area (Å²) in [6.45, 7) is -0.113.